The quantitative estimate of drug-likeness (QED) is 0.620. The second-order valence-corrected chi connectivity index (χ2v) is 6.51. The molecule has 0 aliphatic heterocycles. The summed E-state index contributed by atoms with van der Waals surface area (Å²) in [5, 5.41) is 9.14. The molecule has 0 aliphatic carbocycles. The first-order valence-electron chi connectivity index (χ1n) is 8.29. The van der Waals surface area contributed by atoms with Gasteiger partial charge in [0.2, 0.25) is 0 Å². The van der Waals surface area contributed by atoms with Gasteiger partial charge in [-0.25, -0.2) is 4.68 Å². The summed E-state index contributed by atoms with van der Waals surface area (Å²) in [7, 11) is 0. The number of nitrogens with zero attached hydrogens (tertiary/aromatic N) is 2. The van der Waals surface area contributed by atoms with E-state index in [0.29, 0.717) is 25.3 Å². The van der Waals surface area contributed by atoms with E-state index < -0.39 is 0 Å². The second-order valence-electron chi connectivity index (χ2n) is 5.56. The van der Waals surface area contributed by atoms with E-state index in [9.17, 15) is 9.59 Å². The summed E-state index contributed by atoms with van der Waals surface area (Å²) < 4.78 is 6.81. The van der Waals surface area contributed by atoms with Crippen LogP contribution in [0.1, 0.15) is 6.42 Å². The van der Waals surface area contributed by atoms with E-state index in [1.54, 1.807) is 29.5 Å². The molecule has 0 unspecified atom stereocenters. The van der Waals surface area contributed by atoms with Crippen molar-refractivity contribution in [3.05, 3.63) is 70.3 Å². The number of nitrogens with one attached hydrogen (secondary N) is 1. The topological polar surface area (TPSA) is 73.2 Å². The second kappa shape index (κ2) is 8.96. The van der Waals surface area contributed by atoms with Crippen LogP contribution in [-0.2, 0) is 11.3 Å². The average Bonchev–Trinajstić information content (AvgIpc) is 3.20. The molecule has 1 aromatic carbocycles. The lowest BCUT2D eigenvalue weighted by molar-refractivity contribution is -0.123. The highest BCUT2D eigenvalue weighted by Crippen LogP contribution is 2.21. The number of para-hydroxylation sites is 1. The Bertz CT molecular complexity index is 892. The first-order valence-corrected chi connectivity index (χ1v) is 9.17. The Hall–Kier alpha value is -2.93. The molecule has 0 spiro atoms. The van der Waals surface area contributed by atoms with Crippen LogP contribution >= 0.6 is 11.3 Å². The lowest BCUT2D eigenvalue weighted by atomic mass is 10.3. The summed E-state index contributed by atoms with van der Waals surface area (Å²) in [6.45, 7) is 0.863. The Labute approximate surface area is 155 Å². The third-order valence-electron chi connectivity index (χ3n) is 3.62. The van der Waals surface area contributed by atoms with Gasteiger partial charge in [0.25, 0.3) is 11.5 Å². The summed E-state index contributed by atoms with van der Waals surface area (Å²) in [6, 6.07) is 16.3. The molecule has 7 heteroatoms. The monoisotopic (exact) mass is 369 g/mol. The molecule has 0 fully saturated rings. The van der Waals surface area contributed by atoms with Crippen LogP contribution in [0.25, 0.3) is 10.6 Å². The third-order valence-corrected chi connectivity index (χ3v) is 4.51. The molecular weight excluding hydrogens is 350 g/mol. The van der Waals surface area contributed by atoms with Crippen LogP contribution in [0.5, 0.6) is 5.75 Å². The molecule has 3 aromatic rings. The summed E-state index contributed by atoms with van der Waals surface area (Å²) in [4.78, 5) is 24.7. The largest absolute Gasteiger partial charge is 0.484 e. The fraction of sp³-hybridized carbons (Fsp3) is 0.211. The van der Waals surface area contributed by atoms with Gasteiger partial charge in [-0.3, -0.25) is 9.59 Å². The molecule has 134 valence electrons. The van der Waals surface area contributed by atoms with E-state index in [1.807, 2.05) is 35.7 Å². The first kappa shape index (κ1) is 17.9. The van der Waals surface area contributed by atoms with Crippen molar-refractivity contribution in [1.29, 1.82) is 0 Å². The lowest BCUT2D eigenvalue weighted by Gasteiger charge is -2.08. The fourth-order valence-corrected chi connectivity index (χ4v) is 3.03. The molecule has 1 N–H and O–H groups in total. The van der Waals surface area contributed by atoms with Crippen LogP contribution < -0.4 is 15.6 Å². The van der Waals surface area contributed by atoms with Crippen molar-refractivity contribution in [2.24, 2.45) is 0 Å². The van der Waals surface area contributed by atoms with Gasteiger partial charge in [-0.2, -0.15) is 5.10 Å². The van der Waals surface area contributed by atoms with Crippen molar-refractivity contribution >= 4 is 17.2 Å². The van der Waals surface area contributed by atoms with Gasteiger partial charge < -0.3 is 10.1 Å². The van der Waals surface area contributed by atoms with Crippen LogP contribution in [0.2, 0.25) is 0 Å². The van der Waals surface area contributed by atoms with Gasteiger partial charge in [-0.15, -0.1) is 11.3 Å². The maximum Gasteiger partial charge on any atom is 0.266 e. The number of aryl methyl sites for hydroxylation is 1. The Balaban J connectivity index is 1.44. The number of rotatable bonds is 8. The van der Waals surface area contributed by atoms with Crippen LogP contribution in [0, 0.1) is 0 Å². The Morgan fingerprint density at radius 3 is 2.73 bits per heavy atom. The maximum absolute atomic E-state index is 11.9. The zero-order chi connectivity index (χ0) is 18.2. The summed E-state index contributed by atoms with van der Waals surface area (Å²) in [6.07, 6.45) is 0.609. The number of carbonyl (C=O) groups excluding carboxylic acids is 1. The zero-order valence-corrected chi connectivity index (χ0v) is 14.9. The normalized spacial score (nSPS) is 10.5. The third kappa shape index (κ3) is 5.03. The van der Waals surface area contributed by atoms with Crippen molar-refractivity contribution in [3.8, 4) is 16.3 Å². The van der Waals surface area contributed by atoms with Crippen molar-refractivity contribution in [1.82, 2.24) is 15.1 Å². The number of ether oxygens (including phenoxy) is 1. The van der Waals surface area contributed by atoms with E-state index in [-0.39, 0.29) is 18.1 Å². The molecule has 26 heavy (non-hydrogen) atoms. The van der Waals surface area contributed by atoms with Crippen molar-refractivity contribution in [2.75, 3.05) is 13.2 Å². The van der Waals surface area contributed by atoms with Gasteiger partial charge in [-0.05, 0) is 36.1 Å². The molecular formula is C19H19N3O3S. The molecule has 0 atom stereocenters. The van der Waals surface area contributed by atoms with E-state index in [2.05, 4.69) is 10.4 Å². The number of thiophene rings is 1. The smallest absolute Gasteiger partial charge is 0.266 e. The van der Waals surface area contributed by atoms with E-state index in [4.69, 9.17) is 4.74 Å². The zero-order valence-electron chi connectivity index (χ0n) is 14.1. The highest BCUT2D eigenvalue weighted by molar-refractivity contribution is 7.13. The van der Waals surface area contributed by atoms with Crippen LogP contribution in [0.15, 0.2) is 64.8 Å². The molecule has 0 saturated heterocycles. The Kier molecular flexibility index (Phi) is 6.16. The molecule has 0 saturated carbocycles. The number of aromatic nitrogens is 2. The minimum Gasteiger partial charge on any atom is -0.484 e. The highest BCUT2D eigenvalue weighted by atomic mass is 32.1. The number of carbonyl (C=O) groups is 1. The van der Waals surface area contributed by atoms with Gasteiger partial charge in [0.05, 0.1) is 4.88 Å². The molecule has 2 heterocycles. The van der Waals surface area contributed by atoms with Crippen LogP contribution in [0.4, 0.5) is 0 Å². The Morgan fingerprint density at radius 1 is 1.12 bits per heavy atom. The Morgan fingerprint density at radius 2 is 1.96 bits per heavy atom. The van der Waals surface area contributed by atoms with Crippen molar-refractivity contribution in [2.45, 2.75) is 13.0 Å². The van der Waals surface area contributed by atoms with Gasteiger partial charge in [0.15, 0.2) is 6.61 Å². The van der Waals surface area contributed by atoms with Crippen molar-refractivity contribution in [3.63, 3.8) is 0 Å². The van der Waals surface area contributed by atoms with Crippen LogP contribution in [-0.4, -0.2) is 28.8 Å². The minimum absolute atomic E-state index is 0.0317. The molecule has 0 aliphatic rings. The maximum atomic E-state index is 11.9. The van der Waals surface area contributed by atoms with Gasteiger partial charge in [-0.1, -0.05) is 24.3 Å². The van der Waals surface area contributed by atoms with E-state index in [0.717, 1.165) is 10.6 Å². The molecule has 0 bridgehead atoms. The predicted molar refractivity (Wildman–Crippen MR) is 101 cm³/mol. The minimum atomic E-state index is -0.193. The highest BCUT2D eigenvalue weighted by Gasteiger charge is 2.05. The number of hydrogen-bond acceptors (Lipinski definition) is 5. The number of amides is 1. The molecule has 0 radical (unpaired) electrons. The van der Waals surface area contributed by atoms with Gasteiger partial charge in [0, 0.05) is 19.2 Å². The average molecular weight is 369 g/mol. The predicted octanol–water partition coefficient (Wildman–Crippen LogP) is 2.56. The lowest BCUT2D eigenvalue weighted by Crippen LogP contribution is -2.31. The van der Waals surface area contributed by atoms with Gasteiger partial charge >= 0.3 is 0 Å². The van der Waals surface area contributed by atoms with Gasteiger partial charge in [0.1, 0.15) is 11.4 Å². The number of benzene rings is 1. The molecule has 6 nitrogen and oxygen atoms in total. The molecule has 2 aromatic heterocycles. The summed E-state index contributed by atoms with van der Waals surface area (Å²) >= 11 is 1.58. The SMILES string of the molecule is O=C(COc1ccccc1)NCCCn1nc(-c2cccs2)ccc1=O. The van der Waals surface area contributed by atoms with E-state index in [1.165, 1.54) is 10.7 Å². The fourth-order valence-electron chi connectivity index (χ4n) is 2.34. The van der Waals surface area contributed by atoms with E-state index >= 15 is 0 Å². The summed E-state index contributed by atoms with van der Waals surface area (Å²) in [5.41, 5.74) is 0.629. The van der Waals surface area contributed by atoms with Crippen LogP contribution in [0.3, 0.4) is 0 Å². The summed E-state index contributed by atoms with van der Waals surface area (Å²) in [5.74, 6) is 0.463. The molecule has 1 amide bonds. The first-order chi connectivity index (χ1) is 12.7. The molecule has 3 rings (SSSR count). The number of hydrogen-bond donors (Lipinski definition) is 1. The standard InChI is InChI=1S/C19H19N3O3S/c23-18(14-25-15-6-2-1-3-7-15)20-11-5-12-22-19(24)10-9-16(21-22)17-8-4-13-26-17/h1-4,6-10,13H,5,11-12,14H2,(H,20,23). The van der Waals surface area contributed by atoms with Crippen molar-refractivity contribution < 1.29 is 9.53 Å².